The predicted molar refractivity (Wildman–Crippen MR) is 104 cm³/mol. The molecule has 1 saturated heterocycles. The van der Waals surface area contributed by atoms with Crippen LogP contribution in [0, 0.1) is 18.3 Å². The monoisotopic (exact) mass is 422 g/mol. The summed E-state index contributed by atoms with van der Waals surface area (Å²) in [5.41, 5.74) is 0.523. The van der Waals surface area contributed by atoms with Gasteiger partial charge in [-0.3, -0.25) is 5.32 Å². The highest BCUT2D eigenvalue weighted by molar-refractivity contribution is 7.92. The summed E-state index contributed by atoms with van der Waals surface area (Å²) in [6.07, 6.45) is 7.19. The van der Waals surface area contributed by atoms with E-state index in [0.29, 0.717) is 10.6 Å². The Balaban J connectivity index is 1.68. The van der Waals surface area contributed by atoms with E-state index in [9.17, 15) is 13.2 Å². The van der Waals surface area contributed by atoms with Crippen molar-refractivity contribution < 1.29 is 17.6 Å². The zero-order valence-electron chi connectivity index (χ0n) is 15.1. The summed E-state index contributed by atoms with van der Waals surface area (Å²) in [5.74, 6) is 1.68. The molecule has 1 aliphatic heterocycles. The molecule has 1 N–H and O–H groups in total. The van der Waals surface area contributed by atoms with Crippen LogP contribution in [0.25, 0.3) is 0 Å². The number of urea groups is 1. The van der Waals surface area contributed by atoms with Crippen molar-refractivity contribution in [2.75, 3.05) is 18.4 Å². The first-order valence-electron chi connectivity index (χ1n) is 8.59. The van der Waals surface area contributed by atoms with Gasteiger partial charge in [-0.05, 0) is 44.0 Å². The fraction of sp³-hybridized carbons (Fsp3) is 0.389. The molecule has 1 aliphatic rings. The normalized spacial score (nSPS) is 17.5. The smallest absolute Gasteiger partial charge is 0.322 e. The molecule has 2 aromatic rings. The lowest BCUT2D eigenvalue weighted by Gasteiger charge is -2.37. The van der Waals surface area contributed by atoms with Crippen molar-refractivity contribution in [3.05, 3.63) is 36.0 Å². The number of carbonyl (C=O) groups excluding carboxylic acids is 1. The lowest BCUT2D eigenvalue weighted by molar-refractivity contribution is 0.117. The minimum Gasteiger partial charge on any atom is -0.324 e. The van der Waals surface area contributed by atoms with Crippen molar-refractivity contribution >= 4 is 32.4 Å². The Hall–Kier alpha value is -2.51. The number of hydrogen-bond acceptors (Lipinski definition) is 6. The number of carbonyl (C=O) groups is 1. The van der Waals surface area contributed by atoms with Crippen LogP contribution in [0.5, 0.6) is 0 Å². The van der Waals surface area contributed by atoms with Gasteiger partial charge >= 0.3 is 6.03 Å². The van der Waals surface area contributed by atoms with Gasteiger partial charge in [0.2, 0.25) is 14.8 Å². The molecular formula is C18H19FN4O3S2. The third-order valence-electron chi connectivity index (χ3n) is 4.96. The summed E-state index contributed by atoms with van der Waals surface area (Å²) in [5, 5.41) is 4.37. The number of rotatable bonds is 4. The largest absolute Gasteiger partial charge is 0.324 e. The van der Waals surface area contributed by atoms with Crippen molar-refractivity contribution in [2.45, 2.75) is 29.7 Å². The number of terminal acetylenes is 1. The molecule has 7 nitrogen and oxygen atoms in total. The fourth-order valence-corrected chi connectivity index (χ4v) is 5.22. The molecule has 0 bridgehead atoms. The van der Waals surface area contributed by atoms with Crippen LogP contribution < -0.4 is 5.32 Å². The topological polar surface area (TPSA) is 92.3 Å². The molecule has 2 heterocycles. The lowest BCUT2D eigenvalue weighted by atomic mass is 9.92. The molecule has 1 aromatic carbocycles. The molecule has 0 spiro atoms. The number of benzene rings is 1. The van der Waals surface area contributed by atoms with Crippen LogP contribution in [0.3, 0.4) is 0 Å². The Morgan fingerprint density at radius 2 is 2.00 bits per heavy atom. The summed E-state index contributed by atoms with van der Waals surface area (Å²) < 4.78 is 44.9. The number of nitrogens with one attached hydrogen (secondary N) is 1. The first-order valence-corrected chi connectivity index (χ1v) is 10.8. The number of alkyl halides is 1. The first kappa shape index (κ1) is 20.2. The second-order valence-corrected chi connectivity index (χ2v) is 9.69. The molecule has 1 atom stereocenters. The van der Waals surface area contributed by atoms with E-state index in [0.717, 1.165) is 18.5 Å². The van der Waals surface area contributed by atoms with Crippen molar-refractivity contribution in [1.82, 2.24) is 14.5 Å². The number of halogens is 1. The molecular weight excluding hydrogens is 403 g/mol. The van der Waals surface area contributed by atoms with Gasteiger partial charge in [0, 0.05) is 36.1 Å². The van der Waals surface area contributed by atoms with Gasteiger partial charge in [-0.25, -0.2) is 17.6 Å². The number of nitrogens with zero attached hydrogens (tertiary/aromatic N) is 3. The molecule has 2 amide bonds. The summed E-state index contributed by atoms with van der Waals surface area (Å²) in [4.78, 5) is 13.7. The quantitative estimate of drug-likeness (QED) is 0.765. The zero-order chi connectivity index (χ0) is 20.4. The van der Waals surface area contributed by atoms with Crippen LogP contribution in [0.15, 0.2) is 35.4 Å². The Kier molecular flexibility index (Phi) is 5.67. The summed E-state index contributed by atoms with van der Waals surface area (Å²) in [6.45, 7) is 1.61. The van der Waals surface area contributed by atoms with Gasteiger partial charge in [0.05, 0.1) is 11.1 Å². The lowest BCUT2D eigenvalue weighted by Crippen LogP contribution is -2.47. The van der Waals surface area contributed by atoms with Gasteiger partial charge < -0.3 is 4.90 Å². The third kappa shape index (κ3) is 3.86. The summed E-state index contributed by atoms with van der Waals surface area (Å²) >= 11 is 1.05. The highest BCUT2D eigenvalue weighted by Gasteiger charge is 2.48. The Morgan fingerprint density at radius 3 is 2.54 bits per heavy atom. The zero-order valence-corrected chi connectivity index (χ0v) is 16.8. The van der Waals surface area contributed by atoms with Crippen LogP contribution in [0.4, 0.5) is 14.2 Å². The van der Waals surface area contributed by atoms with Crippen molar-refractivity contribution in [1.29, 1.82) is 0 Å². The van der Waals surface area contributed by atoms with Gasteiger partial charge in [0.25, 0.3) is 0 Å². The standard InChI is InChI=1S/C18H19FN4O3S2/c1-3-13-4-6-15(7-5-13)28(25,26)18(2,19)14-8-10-23(11-9-14)17(24)21-16-12-20-22-27-16/h1,4-7,12,14H,8-11H2,2H3,(H,21,24). The number of piperidine rings is 1. The fourth-order valence-electron chi connectivity index (χ4n) is 3.19. The van der Waals surface area contributed by atoms with E-state index < -0.39 is 20.8 Å². The highest BCUT2D eigenvalue weighted by atomic mass is 32.2. The minimum atomic E-state index is -4.21. The second kappa shape index (κ2) is 7.85. The van der Waals surface area contributed by atoms with Crippen LogP contribution in [-0.4, -0.2) is 47.0 Å². The second-order valence-electron chi connectivity index (χ2n) is 6.63. The van der Waals surface area contributed by atoms with Crippen LogP contribution in [0.1, 0.15) is 25.3 Å². The van der Waals surface area contributed by atoms with E-state index in [4.69, 9.17) is 6.42 Å². The van der Waals surface area contributed by atoms with Crippen LogP contribution in [-0.2, 0) is 9.84 Å². The Morgan fingerprint density at radius 1 is 1.36 bits per heavy atom. The van der Waals surface area contributed by atoms with Gasteiger partial charge in [0.15, 0.2) is 0 Å². The average Bonchev–Trinajstić information content (AvgIpc) is 3.21. The van der Waals surface area contributed by atoms with E-state index >= 15 is 4.39 Å². The number of likely N-dealkylation sites (tertiary alicyclic amines) is 1. The predicted octanol–water partition coefficient (Wildman–Crippen LogP) is 2.92. The number of sulfone groups is 1. The molecule has 0 aliphatic carbocycles. The van der Waals surface area contributed by atoms with E-state index in [1.807, 2.05) is 0 Å². The van der Waals surface area contributed by atoms with Gasteiger partial charge in [0.1, 0.15) is 5.00 Å². The maximum Gasteiger partial charge on any atom is 0.322 e. The number of anilines is 1. The molecule has 3 rings (SSSR count). The van der Waals surface area contributed by atoms with Crippen LogP contribution in [0.2, 0.25) is 0 Å². The third-order valence-corrected chi connectivity index (χ3v) is 7.82. The number of aromatic nitrogens is 2. The molecule has 0 radical (unpaired) electrons. The van der Waals surface area contributed by atoms with Gasteiger partial charge in [-0.1, -0.05) is 10.4 Å². The highest BCUT2D eigenvalue weighted by Crippen LogP contribution is 2.39. The maximum absolute atomic E-state index is 15.5. The molecule has 28 heavy (non-hydrogen) atoms. The summed E-state index contributed by atoms with van der Waals surface area (Å²) in [7, 11) is -4.21. The minimum absolute atomic E-state index is 0.102. The molecule has 1 aromatic heterocycles. The molecule has 10 heteroatoms. The van der Waals surface area contributed by atoms with E-state index in [-0.39, 0.29) is 36.9 Å². The van der Waals surface area contributed by atoms with Crippen molar-refractivity contribution in [3.8, 4) is 12.3 Å². The average molecular weight is 423 g/mol. The van der Waals surface area contributed by atoms with Crippen molar-refractivity contribution in [2.24, 2.45) is 5.92 Å². The maximum atomic E-state index is 15.5. The SMILES string of the molecule is C#Cc1ccc(S(=O)(=O)C(C)(F)C2CCN(C(=O)Nc3cnns3)CC2)cc1. The van der Waals surface area contributed by atoms with Gasteiger partial charge in [-0.15, -0.1) is 11.5 Å². The van der Waals surface area contributed by atoms with E-state index in [1.165, 1.54) is 35.4 Å². The molecule has 1 unspecified atom stereocenters. The molecule has 148 valence electrons. The number of hydrogen-bond donors (Lipinski definition) is 1. The Labute approximate surface area is 167 Å². The van der Waals surface area contributed by atoms with Gasteiger partial charge in [-0.2, -0.15) is 0 Å². The Bertz CT molecular complexity index is 975. The summed E-state index contributed by atoms with van der Waals surface area (Å²) in [6, 6.07) is 5.27. The number of amides is 2. The van der Waals surface area contributed by atoms with E-state index in [1.54, 1.807) is 0 Å². The molecule has 1 fully saturated rings. The van der Waals surface area contributed by atoms with Crippen molar-refractivity contribution in [3.63, 3.8) is 0 Å². The molecule has 0 saturated carbocycles. The van der Waals surface area contributed by atoms with Crippen LogP contribution >= 0.6 is 11.5 Å². The first-order chi connectivity index (χ1) is 13.3. The van der Waals surface area contributed by atoms with E-state index in [2.05, 4.69) is 20.8 Å².